The average molecular weight is 200 g/mol. The lowest BCUT2D eigenvalue weighted by Gasteiger charge is -2.29. The van der Waals surface area contributed by atoms with E-state index in [9.17, 15) is 0 Å². The summed E-state index contributed by atoms with van der Waals surface area (Å²) in [6, 6.07) is 0. The summed E-state index contributed by atoms with van der Waals surface area (Å²) in [5.41, 5.74) is 0.291. The van der Waals surface area contributed by atoms with Gasteiger partial charge in [0.25, 0.3) is 0 Å². The van der Waals surface area contributed by atoms with Crippen LogP contribution in [0.4, 0.5) is 0 Å². The molecule has 0 aliphatic rings. The number of ether oxygens (including phenoxy) is 1. The summed E-state index contributed by atoms with van der Waals surface area (Å²) in [6.07, 6.45) is 6.73. The van der Waals surface area contributed by atoms with Gasteiger partial charge in [-0.2, -0.15) is 0 Å². The maximum absolute atomic E-state index is 5.90. The molecule has 1 heteroatoms. The minimum atomic E-state index is 0.291. The molecule has 0 aliphatic carbocycles. The Labute approximate surface area is 90.2 Å². The van der Waals surface area contributed by atoms with Gasteiger partial charge in [-0.3, -0.25) is 0 Å². The van der Waals surface area contributed by atoms with E-state index in [2.05, 4.69) is 34.6 Å². The highest BCUT2D eigenvalue weighted by atomic mass is 16.5. The van der Waals surface area contributed by atoms with Crippen molar-refractivity contribution in [3.63, 3.8) is 0 Å². The molecule has 86 valence electrons. The maximum Gasteiger partial charge on any atom is 0.0620 e. The van der Waals surface area contributed by atoms with Crippen LogP contribution in [0.1, 0.15) is 66.7 Å². The molecule has 0 aromatic carbocycles. The molecule has 0 saturated heterocycles. The van der Waals surface area contributed by atoms with E-state index in [1.54, 1.807) is 0 Å². The second-order valence-electron chi connectivity index (χ2n) is 5.19. The molecule has 0 aromatic rings. The molecule has 1 unspecified atom stereocenters. The smallest absolute Gasteiger partial charge is 0.0620 e. The zero-order valence-electron chi connectivity index (χ0n) is 10.7. The molecule has 0 rings (SSSR count). The van der Waals surface area contributed by atoms with E-state index >= 15 is 0 Å². The number of unbranched alkanes of at least 4 members (excludes halogenated alkanes) is 3. The number of hydrogen-bond acceptors (Lipinski definition) is 1. The Hall–Kier alpha value is -0.0400. The molecule has 1 atom stereocenters. The van der Waals surface area contributed by atoms with Crippen LogP contribution in [0.5, 0.6) is 0 Å². The highest BCUT2D eigenvalue weighted by Gasteiger charge is 2.22. The molecular weight excluding hydrogens is 172 g/mol. The van der Waals surface area contributed by atoms with Crippen LogP contribution in [0.15, 0.2) is 0 Å². The van der Waals surface area contributed by atoms with Crippen LogP contribution in [0.2, 0.25) is 0 Å². The number of hydrogen-bond donors (Lipinski definition) is 0. The first-order valence-electron chi connectivity index (χ1n) is 6.14. The van der Waals surface area contributed by atoms with Crippen LogP contribution in [0, 0.1) is 5.41 Å². The van der Waals surface area contributed by atoms with Crippen molar-refractivity contribution in [2.75, 3.05) is 6.61 Å². The summed E-state index contributed by atoms with van der Waals surface area (Å²) in [7, 11) is 0. The van der Waals surface area contributed by atoms with Gasteiger partial charge < -0.3 is 4.74 Å². The van der Waals surface area contributed by atoms with Gasteiger partial charge in [0.15, 0.2) is 0 Å². The van der Waals surface area contributed by atoms with E-state index in [0.717, 1.165) is 13.0 Å². The normalized spacial score (nSPS) is 14.4. The quantitative estimate of drug-likeness (QED) is 0.553. The summed E-state index contributed by atoms with van der Waals surface area (Å²) in [4.78, 5) is 0. The van der Waals surface area contributed by atoms with Crippen molar-refractivity contribution in [3.8, 4) is 0 Å². The van der Waals surface area contributed by atoms with Crippen LogP contribution in [0.3, 0.4) is 0 Å². The van der Waals surface area contributed by atoms with Crippen molar-refractivity contribution in [1.82, 2.24) is 0 Å². The predicted octanol–water partition coefficient (Wildman–Crippen LogP) is 4.41. The number of rotatable bonds is 7. The lowest BCUT2D eigenvalue weighted by molar-refractivity contribution is -0.0212. The molecular formula is C13H28O. The fourth-order valence-electron chi connectivity index (χ4n) is 1.73. The molecule has 0 aromatic heterocycles. The third-order valence-corrected chi connectivity index (χ3v) is 2.65. The van der Waals surface area contributed by atoms with Crippen LogP contribution >= 0.6 is 0 Å². The predicted molar refractivity (Wildman–Crippen MR) is 63.6 cm³/mol. The second-order valence-corrected chi connectivity index (χ2v) is 5.19. The van der Waals surface area contributed by atoms with Crippen molar-refractivity contribution in [1.29, 1.82) is 0 Å². The average Bonchev–Trinajstić information content (AvgIpc) is 2.09. The molecule has 0 aliphatic heterocycles. The van der Waals surface area contributed by atoms with Gasteiger partial charge in [-0.05, 0) is 18.3 Å². The zero-order valence-corrected chi connectivity index (χ0v) is 10.7. The summed E-state index contributed by atoms with van der Waals surface area (Å²) in [6.45, 7) is 12.2. The lowest BCUT2D eigenvalue weighted by Crippen LogP contribution is -2.28. The van der Waals surface area contributed by atoms with Crippen LogP contribution in [0.25, 0.3) is 0 Å². The van der Waals surface area contributed by atoms with Gasteiger partial charge in [-0.1, -0.05) is 53.9 Å². The monoisotopic (exact) mass is 200 g/mol. The Balaban J connectivity index is 3.54. The van der Waals surface area contributed by atoms with Gasteiger partial charge in [0.05, 0.1) is 6.10 Å². The molecule has 14 heavy (non-hydrogen) atoms. The first kappa shape index (κ1) is 14.0. The van der Waals surface area contributed by atoms with Gasteiger partial charge in [-0.25, -0.2) is 0 Å². The van der Waals surface area contributed by atoms with E-state index in [4.69, 9.17) is 4.74 Å². The van der Waals surface area contributed by atoms with Gasteiger partial charge >= 0.3 is 0 Å². The van der Waals surface area contributed by atoms with Crippen molar-refractivity contribution >= 4 is 0 Å². The Bertz CT molecular complexity index is 124. The minimum absolute atomic E-state index is 0.291. The Morgan fingerprint density at radius 3 is 2.07 bits per heavy atom. The van der Waals surface area contributed by atoms with Gasteiger partial charge in [-0.15, -0.1) is 0 Å². The van der Waals surface area contributed by atoms with E-state index in [1.807, 2.05) is 0 Å². The summed E-state index contributed by atoms with van der Waals surface area (Å²) in [5.74, 6) is 0. The Kier molecular flexibility index (Phi) is 7.26. The van der Waals surface area contributed by atoms with E-state index in [-0.39, 0.29) is 0 Å². The van der Waals surface area contributed by atoms with E-state index < -0.39 is 0 Å². The zero-order chi connectivity index (χ0) is 11.0. The molecule has 0 N–H and O–H groups in total. The first-order chi connectivity index (χ1) is 6.52. The summed E-state index contributed by atoms with van der Waals surface area (Å²) in [5, 5.41) is 0. The van der Waals surface area contributed by atoms with Crippen LogP contribution < -0.4 is 0 Å². The van der Waals surface area contributed by atoms with E-state index in [0.29, 0.717) is 11.5 Å². The topological polar surface area (TPSA) is 9.23 Å². The van der Waals surface area contributed by atoms with Crippen LogP contribution in [-0.2, 0) is 4.74 Å². The minimum Gasteiger partial charge on any atom is -0.378 e. The largest absolute Gasteiger partial charge is 0.378 e. The highest BCUT2D eigenvalue weighted by Crippen LogP contribution is 2.24. The van der Waals surface area contributed by atoms with Crippen molar-refractivity contribution in [2.45, 2.75) is 72.8 Å². The van der Waals surface area contributed by atoms with Gasteiger partial charge in [0.1, 0.15) is 0 Å². The standard InChI is InChI=1S/C13H28O/c1-6-8-9-10-11-14-12(7-2)13(3,4)5/h12H,6-11H2,1-5H3. The van der Waals surface area contributed by atoms with Gasteiger partial charge in [0, 0.05) is 6.61 Å². The third kappa shape index (κ3) is 6.42. The maximum atomic E-state index is 5.90. The van der Waals surface area contributed by atoms with E-state index in [1.165, 1.54) is 25.7 Å². The molecule has 0 radical (unpaired) electrons. The van der Waals surface area contributed by atoms with Gasteiger partial charge in [0.2, 0.25) is 0 Å². The van der Waals surface area contributed by atoms with Crippen molar-refractivity contribution in [2.24, 2.45) is 5.41 Å². The SMILES string of the molecule is CCCCCCOC(CC)C(C)(C)C. The van der Waals surface area contributed by atoms with Crippen LogP contribution in [-0.4, -0.2) is 12.7 Å². The Morgan fingerprint density at radius 2 is 1.64 bits per heavy atom. The fraction of sp³-hybridized carbons (Fsp3) is 1.00. The van der Waals surface area contributed by atoms with Crippen molar-refractivity contribution in [3.05, 3.63) is 0 Å². The fourth-order valence-corrected chi connectivity index (χ4v) is 1.73. The Morgan fingerprint density at radius 1 is 1.00 bits per heavy atom. The third-order valence-electron chi connectivity index (χ3n) is 2.65. The molecule has 0 fully saturated rings. The second kappa shape index (κ2) is 7.28. The summed E-state index contributed by atoms with van der Waals surface area (Å²) < 4.78 is 5.90. The molecule has 0 bridgehead atoms. The highest BCUT2D eigenvalue weighted by molar-refractivity contribution is 4.72. The molecule has 1 nitrogen and oxygen atoms in total. The molecule has 0 heterocycles. The molecule has 0 spiro atoms. The molecule has 0 amide bonds. The van der Waals surface area contributed by atoms with Crippen molar-refractivity contribution < 1.29 is 4.74 Å². The summed E-state index contributed by atoms with van der Waals surface area (Å²) >= 11 is 0. The first-order valence-corrected chi connectivity index (χ1v) is 6.14. The molecule has 0 saturated carbocycles. The lowest BCUT2D eigenvalue weighted by atomic mass is 9.87.